The van der Waals surface area contributed by atoms with E-state index in [2.05, 4.69) is 9.84 Å². The zero-order chi connectivity index (χ0) is 12.1. The highest BCUT2D eigenvalue weighted by atomic mass is 19.3. The van der Waals surface area contributed by atoms with E-state index in [1.54, 1.807) is 6.92 Å². The van der Waals surface area contributed by atoms with Crippen LogP contribution in [0.15, 0.2) is 6.07 Å². The van der Waals surface area contributed by atoms with Crippen LogP contribution in [0.4, 0.5) is 8.78 Å². The normalized spacial score (nSPS) is 10.8. The third-order valence-corrected chi connectivity index (χ3v) is 1.77. The second-order valence-electron chi connectivity index (χ2n) is 2.94. The summed E-state index contributed by atoms with van der Waals surface area (Å²) in [6, 6.07) is 1.36. The van der Waals surface area contributed by atoms with Crippen molar-refractivity contribution in [1.29, 1.82) is 0 Å². The first-order chi connectivity index (χ1) is 7.54. The molecule has 0 N–H and O–H groups in total. The Bertz CT molecular complexity index is 366. The van der Waals surface area contributed by atoms with Gasteiger partial charge < -0.3 is 9.47 Å². The zero-order valence-corrected chi connectivity index (χ0v) is 8.94. The fraction of sp³-hybridized carbons (Fsp3) is 0.556. The molecular formula is C9H12F2N2O3. The van der Waals surface area contributed by atoms with Crippen molar-refractivity contribution < 1.29 is 23.0 Å². The lowest BCUT2D eigenvalue weighted by molar-refractivity contribution is -0.138. The minimum absolute atomic E-state index is 0.203. The number of hydrogen-bond acceptors (Lipinski definition) is 4. The summed E-state index contributed by atoms with van der Waals surface area (Å²) in [5.74, 6) is -0.541. The number of hydrogen-bond donors (Lipinski definition) is 0. The number of carbonyl (C=O) groups is 1. The summed E-state index contributed by atoms with van der Waals surface area (Å²) in [5.41, 5.74) is 0.459. The summed E-state index contributed by atoms with van der Waals surface area (Å²) in [7, 11) is 1.53. The maximum atomic E-state index is 11.8. The SMILES string of the molecule is CCOC(=O)c1cc(COC(F)F)nn1C. The number of nitrogens with zero attached hydrogens (tertiary/aromatic N) is 2. The van der Waals surface area contributed by atoms with E-state index in [0.717, 1.165) is 0 Å². The lowest BCUT2D eigenvalue weighted by Crippen LogP contribution is -2.10. The second-order valence-corrected chi connectivity index (χ2v) is 2.94. The van der Waals surface area contributed by atoms with Crippen LogP contribution >= 0.6 is 0 Å². The molecule has 0 saturated carbocycles. The Kier molecular flexibility index (Phi) is 4.36. The minimum atomic E-state index is -2.85. The molecular weight excluding hydrogens is 222 g/mol. The average Bonchev–Trinajstić information content (AvgIpc) is 2.57. The fourth-order valence-electron chi connectivity index (χ4n) is 1.14. The van der Waals surface area contributed by atoms with Gasteiger partial charge in [-0.1, -0.05) is 0 Å². The highest BCUT2D eigenvalue weighted by Gasteiger charge is 2.15. The van der Waals surface area contributed by atoms with Crippen molar-refractivity contribution in [2.45, 2.75) is 20.1 Å². The summed E-state index contributed by atoms with van der Waals surface area (Å²) >= 11 is 0. The van der Waals surface area contributed by atoms with Gasteiger partial charge in [-0.2, -0.15) is 13.9 Å². The van der Waals surface area contributed by atoms with Crippen molar-refractivity contribution in [1.82, 2.24) is 9.78 Å². The number of rotatable bonds is 5. The maximum absolute atomic E-state index is 11.8. The minimum Gasteiger partial charge on any atom is -0.461 e. The molecule has 5 nitrogen and oxygen atoms in total. The Morgan fingerprint density at radius 2 is 2.31 bits per heavy atom. The van der Waals surface area contributed by atoms with E-state index >= 15 is 0 Å². The number of aryl methyl sites for hydroxylation is 1. The van der Waals surface area contributed by atoms with E-state index in [9.17, 15) is 13.6 Å². The molecule has 0 saturated heterocycles. The van der Waals surface area contributed by atoms with Crippen LogP contribution in [0.2, 0.25) is 0 Å². The summed E-state index contributed by atoms with van der Waals surface area (Å²) < 4.78 is 33.6. The number of ether oxygens (including phenoxy) is 2. The first kappa shape index (κ1) is 12.6. The van der Waals surface area contributed by atoms with E-state index in [-0.39, 0.29) is 24.6 Å². The molecule has 0 spiro atoms. The number of halogens is 2. The number of aromatic nitrogens is 2. The van der Waals surface area contributed by atoms with Crippen LogP contribution < -0.4 is 0 Å². The van der Waals surface area contributed by atoms with Crippen LogP contribution in [-0.4, -0.2) is 29.0 Å². The van der Waals surface area contributed by atoms with E-state index < -0.39 is 12.6 Å². The van der Waals surface area contributed by atoms with E-state index in [1.165, 1.54) is 17.8 Å². The molecule has 90 valence electrons. The molecule has 0 aromatic carbocycles. The molecule has 0 unspecified atom stereocenters. The molecule has 0 radical (unpaired) electrons. The van der Waals surface area contributed by atoms with Crippen molar-refractivity contribution in [2.24, 2.45) is 7.05 Å². The molecule has 1 aromatic rings. The quantitative estimate of drug-likeness (QED) is 0.721. The van der Waals surface area contributed by atoms with Gasteiger partial charge in [0.25, 0.3) is 0 Å². The topological polar surface area (TPSA) is 53.4 Å². The molecule has 1 rings (SSSR count). The van der Waals surface area contributed by atoms with Crippen molar-refractivity contribution >= 4 is 5.97 Å². The molecule has 16 heavy (non-hydrogen) atoms. The zero-order valence-electron chi connectivity index (χ0n) is 8.94. The molecule has 1 aromatic heterocycles. The van der Waals surface area contributed by atoms with Crippen molar-refractivity contribution in [2.75, 3.05) is 6.61 Å². The third kappa shape index (κ3) is 3.27. The summed E-state index contributed by atoms with van der Waals surface area (Å²) in [6.45, 7) is -1.28. The van der Waals surface area contributed by atoms with Crippen LogP contribution in [-0.2, 0) is 23.1 Å². The smallest absolute Gasteiger partial charge is 0.356 e. The van der Waals surface area contributed by atoms with Gasteiger partial charge in [0.15, 0.2) is 0 Å². The largest absolute Gasteiger partial charge is 0.461 e. The summed E-state index contributed by atoms with van der Waals surface area (Å²) in [5, 5.41) is 3.84. The Hall–Kier alpha value is -1.50. The Labute approximate surface area is 90.9 Å². The second kappa shape index (κ2) is 5.55. The van der Waals surface area contributed by atoms with Crippen LogP contribution in [0.1, 0.15) is 23.1 Å². The van der Waals surface area contributed by atoms with Crippen LogP contribution in [0, 0.1) is 0 Å². The fourth-order valence-corrected chi connectivity index (χ4v) is 1.14. The van der Waals surface area contributed by atoms with Gasteiger partial charge in [0.2, 0.25) is 0 Å². The molecule has 7 heteroatoms. The van der Waals surface area contributed by atoms with Gasteiger partial charge >= 0.3 is 12.6 Å². The predicted octanol–water partition coefficient (Wildman–Crippen LogP) is 1.34. The Balaban J connectivity index is 2.69. The van der Waals surface area contributed by atoms with Gasteiger partial charge in [0.1, 0.15) is 5.69 Å². The lowest BCUT2D eigenvalue weighted by atomic mass is 10.3. The van der Waals surface area contributed by atoms with Gasteiger partial charge in [-0.3, -0.25) is 4.68 Å². The number of alkyl halides is 2. The van der Waals surface area contributed by atoms with E-state index in [1.807, 2.05) is 0 Å². The molecule has 0 aliphatic heterocycles. The number of carbonyl (C=O) groups excluding carboxylic acids is 1. The molecule has 0 amide bonds. The van der Waals surface area contributed by atoms with E-state index in [4.69, 9.17) is 4.74 Å². The molecule has 0 fully saturated rings. The highest BCUT2D eigenvalue weighted by molar-refractivity contribution is 5.87. The van der Waals surface area contributed by atoms with Crippen LogP contribution in [0.5, 0.6) is 0 Å². The maximum Gasteiger partial charge on any atom is 0.356 e. The highest BCUT2D eigenvalue weighted by Crippen LogP contribution is 2.08. The van der Waals surface area contributed by atoms with Gasteiger partial charge in [-0.25, -0.2) is 4.79 Å². The first-order valence-corrected chi connectivity index (χ1v) is 4.64. The Morgan fingerprint density at radius 1 is 1.62 bits per heavy atom. The van der Waals surface area contributed by atoms with Crippen molar-refractivity contribution in [3.8, 4) is 0 Å². The molecule has 0 bridgehead atoms. The first-order valence-electron chi connectivity index (χ1n) is 4.64. The molecule has 1 heterocycles. The predicted molar refractivity (Wildman–Crippen MR) is 50.0 cm³/mol. The van der Waals surface area contributed by atoms with Gasteiger partial charge in [0, 0.05) is 7.05 Å². The molecule has 0 aliphatic carbocycles. The van der Waals surface area contributed by atoms with E-state index in [0.29, 0.717) is 0 Å². The summed E-state index contributed by atoms with van der Waals surface area (Å²) in [4.78, 5) is 11.3. The van der Waals surface area contributed by atoms with Crippen LogP contribution in [0.25, 0.3) is 0 Å². The summed E-state index contributed by atoms with van der Waals surface area (Å²) in [6.07, 6.45) is 0. The van der Waals surface area contributed by atoms with Crippen molar-refractivity contribution in [3.63, 3.8) is 0 Å². The standard InChI is InChI=1S/C9H12F2N2O3/c1-3-15-8(14)7-4-6(12-13(7)2)5-16-9(10)11/h4,9H,3,5H2,1-2H3. The molecule has 0 aliphatic rings. The van der Waals surface area contributed by atoms with Gasteiger partial charge in [-0.15, -0.1) is 0 Å². The molecule has 0 atom stereocenters. The van der Waals surface area contributed by atoms with Gasteiger partial charge in [-0.05, 0) is 13.0 Å². The number of esters is 1. The van der Waals surface area contributed by atoms with Crippen molar-refractivity contribution in [3.05, 3.63) is 17.5 Å². The third-order valence-electron chi connectivity index (χ3n) is 1.77. The average molecular weight is 234 g/mol. The monoisotopic (exact) mass is 234 g/mol. The van der Waals surface area contributed by atoms with Crippen LogP contribution in [0.3, 0.4) is 0 Å². The Morgan fingerprint density at radius 3 is 2.88 bits per heavy atom. The van der Waals surface area contributed by atoms with Gasteiger partial charge in [0.05, 0.1) is 18.9 Å². The lowest BCUT2D eigenvalue weighted by Gasteiger charge is -1.99.